The number of esters is 1. The van der Waals surface area contributed by atoms with E-state index in [1.807, 2.05) is 17.5 Å². The Bertz CT molecular complexity index is 522. The van der Waals surface area contributed by atoms with E-state index in [2.05, 4.69) is 23.4 Å². The first-order valence-electron chi connectivity index (χ1n) is 6.25. The Hall–Kier alpha value is -1.27. The lowest BCUT2D eigenvalue weighted by Gasteiger charge is -2.08. The van der Waals surface area contributed by atoms with Crippen molar-refractivity contribution in [2.45, 2.75) is 26.7 Å². The van der Waals surface area contributed by atoms with Crippen molar-refractivity contribution in [3.63, 3.8) is 0 Å². The number of carbonyl (C=O) groups is 1. The van der Waals surface area contributed by atoms with E-state index in [4.69, 9.17) is 4.74 Å². The molecule has 0 aliphatic heterocycles. The Balaban J connectivity index is 1.99. The van der Waals surface area contributed by atoms with E-state index in [1.54, 1.807) is 11.3 Å². The SMILES string of the molecule is CC[C@H](C)CCOC(=O)c1snnc1-c1cccs1. The lowest BCUT2D eigenvalue weighted by atomic mass is 10.1. The van der Waals surface area contributed by atoms with Crippen LogP contribution in [-0.4, -0.2) is 22.2 Å². The van der Waals surface area contributed by atoms with Gasteiger partial charge in [0.05, 0.1) is 11.5 Å². The van der Waals surface area contributed by atoms with Gasteiger partial charge in [0.2, 0.25) is 0 Å². The molecule has 0 saturated heterocycles. The van der Waals surface area contributed by atoms with Gasteiger partial charge in [-0.2, -0.15) is 0 Å². The molecule has 0 unspecified atom stereocenters. The number of carbonyl (C=O) groups excluding carboxylic acids is 1. The maximum absolute atomic E-state index is 12.0. The molecule has 2 heterocycles. The summed E-state index contributed by atoms with van der Waals surface area (Å²) in [6.45, 7) is 4.74. The second-order valence-electron chi connectivity index (χ2n) is 4.37. The maximum atomic E-state index is 12.0. The fourth-order valence-corrected chi connectivity index (χ4v) is 2.88. The Morgan fingerprint density at radius 2 is 2.37 bits per heavy atom. The van der Waals surface area contributed by atoms with Crippen molar-refractivity contribution >= 4 is 28.8 Å². The van der Waals surface area contributed by atoms with Crippen molar-refractivity contribution in [1.29, 1.82) is 0 Å². The molecule has 2 rings (SSSR count). The fourth-order valence-electron chi connectivity index (χ4n) is 1.52. The predicted octanol–water partition coefficient (Wildman–Crippen LogP) is 3.86. The van der Waals surface area contributed by atoms with Crippen LogP contribution in [-0.2, 0) is 4.74 Å². The van der Waals surface area contributed by atoms with E-state index in [9.17, 15) is 4.79 Å². The van der Waals surface area contributed by atoms with E-state index in [0.717, 1.165) is 29.3 Å². The molecule has 0 spiro atoms. The van der Waals surface area contributed by atoms with Crippen molar-refractivity contribution in [2.24, 2.45) is 5.92 Å². The Morgan fingerprint density at radius 1 is 1.53 bits per heavy atom. The van der Waals surface area contributed by atoms with Crippen LogP contribution in [0.4, 0.5) is 0 Å². The highest BCUT2D eigenvalue weighted by Crippen LogP contribution is 2.28. The lowest BCUT2D eigenvalue weighted by molar-refractivity contribution is 0.0491. The Kier molecular flexibility index (Phi) is 5.04. The van der Waals surface area contributed by atoms with Crippen molar-refractivity contribution in [1.82, 2.24) is 9.59 Å². The zero-order chi connectivity index (χ0) is 13.7. The summed E-state index contributed by atoms with van der Waals surface area (Å²) < 4.78 is 9.15. The number of aromatic nitrogens is 2. The van der Waals surface area contributed by atoms with Crippen molar-refractivity contribution in [3.05, 3.63) is 22.4 Å². The number of hydrogen-bond donors (Lipinski definition) is 0. The van der Waals surface area contributed by atoms with E-state index >= 15 is 0 Å². The average molecular weight is 296 g/mol. The number of thiophene rings is 1. The molecule has 2 aromatic rings. The van der Waals surface area contributed by atoms with E-state index in [-0.39, 0.29) is 5.97 Å². The summed E-state index contributed by atoms with van der Waals surface area (Å²) in [6.07, 6.45) is 1.99. The predicted molar refractivity (Wildman–Crippen MR) is 77.6 cm³/mol. The van der Waals surface area contributed by atoms with Crippen LogP contribution in [0.3, 0.4) is 0 Å². The first-order chi connectivity index (χ1) is 9.22. The fraction of sp³-hybridized carbons (Fsp3) is 0.462. The Labute approximate surface area is 120 Å². The van der Waals surface area contributed by atoms with Gasteiger partial charge >= 0.3 is 5.97 Å². The molecule has 0 fully saturated rings. The highest BCUT2D eigenvalue weighted by molar-refractivity contribution is 7.14. The highest BCUT2D eigenvalue weighted by Gasteiger charge is 2.19. The third kappa shape index (κ3) is 3.61. The minimum absolute atomic E-state index is 0.318. The third-order valence-electron chi connectivity index (χ3n) is 2.97. The van der Waals surface area contributed by atoms with Crippen molar-refractivity contribution in [3.8, 4) is 10.6 Å². The third-order valence-corrected chi connectivity index (χ3v) is 4.55. The first kappa shape index (κ1) is 14.1. The summed E-state index contributed by atoms with van der Waals surface area (Å²) >= 11 is 2.63. The smallest absolute Gasteiger partial charge is 0.352 e. The maximum Gasteiger partial charge on any atom is 0.352 e. The largest absolute Gasteiger partial charge is 0.461 e. The van der Waals surface area contributed by atoms with E-state index < -0.39 is 0 Å². The standard InChI is InChI=1S/C13H16N2O2S2/c1-3-9(2)6-7-17-13(16)12-11(14-15-19-12)10-5-4-8-18-10/h4-5,8-9H,3,6-7H2,1-2H3/t9-/m0/s1. The monoisotopic (exact) mass is 296 g/mol. The molecule has 6 heteroatoms. The molecule has 0 saturated carbocycles. The van der Waals surface area contributed by atoms with Gasteiger partial charge in [0, 0.05) is 0 Å². The molecule has 4 nitrogen and oxygen atoms in total. The van der Waals surface area contributed by atoms with Crippen LogP contribution in [0.2, 0.25) is 0 Å². The summed E-state index contributed by atoms with van der Waals surface area (Å²) in [5.41, 5.74) is 0.633. The molecule has 0 aromatic carbocycles. The number of nitrogens with zero attached hydrogens (tertiary/aromatic N) is 2. The lowest BCUT2D eigenvalue weighted by Crippen LogP contribution is -2.08. The average Bonchev–Trinajstić information content (AvgIpc) is 3.08. The van der Waals surface area contributed by atoms with Gasteiger partial charge in [-0.3, -0.25) is 0 Å². The number of ether oxygens (including phenoxy) is 1. The molecular formula is C13H16N2O2S2. The first-order valence-corrected chi connectivity index (χ1v) is 7.91. The van der Waals surface area contributed by atoms with Crippen LogP contribution in [0.5, 0.6) is 0 Å². The second-order valence-corrected chi connectivity index (χ2v) is 6.07. The molecule has 0 aliphatic rings. The molecule has 19 heavy (non-hydrogen) atoms. The van der Waals surface area contributed by atoms with Crippen LogP contribution in [0.15, 0.2) is 17.5 Å². The van der Waals surface area contributed by atoms with Gasteiger partial charge in [-0.05, 0) is 35.3 Å². The van der Waals surface area contributed by atoms with Crippen molar-refractivity contribution < 1.29 is 9.53 Å². The number of rotatable bonds is 6. The van der Waals surface area contributed by atoms with Gasteiger partial charge in [0.25, 0.3) is 0 Å². The normalized spacial score (nSPS) is 12.3. The molecule has 0 amide bonds. The summed E-state index contributed by atoms with van der Waals surface area (Å²) in [5, 5.41) is 5.97. The Morgan fingerprint density at radius 3 is 3.05 bits per heavy atom. The minimum atomic E-state index is -0.318. The van der Waals surface area contributed by atoms with E-state index in [0.29, 0.717) is 23.1 Å². The summed E-state index contributed by atoms with van der Waals surface area (Å²) in [4.78, 5) is 13.4. The molecule has 0 aliphatic carbocycles. The van der Waals surface area contributed by atoms with Gasteiger partial charge in [0.15, 0.2) is 4.88 Å². The molecule has 0 N–H and O–H groups in total. The topological polar surface area (TPSA) is 52.1 Å². The van der Waals surface area contributed by atoms with Crippen LogP contribution in [0.25, 0.3) is 10.6 Å². The second kappa shape index (κ2) is 6.77. The van der Waals surface area contributed by atoms with Crippen LogP contribution >= 0.6 is 22.9 Å². The van der Waals surface area contributed by atoms with Crippen molar-refractivity contribution in [2.75, 3.05) is 6.61 Å². The zero-order valence-electron chi connectivity index (χ0n) is 11.0. The van der Waals surface area contributed by atoms with Gasteiger partial charge in [-0.1, -0.05) is 30.8 Å². The van der Waals surface area contributed by atoms with Crippen LogP contribution in [0.1, 0.15) is 36.4 Å². The molecular weight excluding hydrogens is 280 g/mol. The van der Waals surface area contributed by atoms with Gasteiger partial charge in [0.1, 0.15) is 5.69 Å². The van der Waals surface area contributed by atoms with Crippen LogP contribution in [0, 0.1) is 5.92 Å². The van der Waals surface area contributed by atoms with Gasteiger partial charge in [-0.15, -0.1) is 16.4 Å². The van der Waals surface area contributed by atoms with Gasteiger partial charge in [-0.25, -0.2) is 4.79 Å². The minimum Gasteiger partial charge on any atom is -0.461 e. The molecule has 0 bridgehead atoms. The van der Waals surface area contributed by atoms with Crippen LogP contribution < -0.4 is 0 Å². The number of hydrogen-bond acceptors (Lipinski definition) is 6. The van der Waals surface area contributed by atoms with E-state index in [1.165, 1.54) is 0 Å². The quantitative estimate of drug-likeness (QED) is 0.760. The molecule has 102 valence electrons. The molecule has 0 radical (unpaired) electrons. The molecule has 1 atom stereocenters. The highest BCUT2D eigenvalue weighted by atomic mass is 32.1. The summed E-state index contributed by atoms with van der Waals surface area (Å²) in [7, 11) is 0. The summed E-state index contributed by atoms with van der Waals surface area (Å²) in [5.74, 6) is 0.255. The zero-order valence-corrected chi connectivity index (χ0v) is 12.6. The van der Waals surface area contributed by atoms with Gasteiger partial charge < -0.3 is 4.74 Å². The molecule has 2 aromatic heterocycles. The summed E-state index contributed by atoms with van der Waals surface area (Å²) in [6, 6.07) is 3.86.